The van der Waals surface area contributed by atoms with E-state index in [9.17, 15) is 9.59 Å². The summed E-state index contributed by atoms with van der Waals surface area (Å²) in [5, 5.41) is 2.91. The highest BCUT2D eigenvalue weighted by atomic mass is 16.5. The van der Waals surface area contributed by atoms with Crippen molar-refractivity contribution in [3.63, 3.8) is 0 Å². The molecular formula is C23H24N2O3. The van der Waals surface area contributed by atoms with E-state index in [4.69, 9.17) is 4.74 Å². The fraction of sp³-hybridized carbons (Fsp3) is 0.391. The summed E-state index contributed by atoms with van der Waals surface area (Å²) in [4.78, 5) is 27.1. The first kappa shape index (κ1) is 17.4. The fourth-order valence-corrected chi connectivity index (χ4v) is 4.78. The molecule has 1 spiro atoms. The number of amides is 2. The van der Waals surface area contributed by atoms with Gasteiger partial charge in [0.25, 0.3) is 5.91 Å². The molecule has 1 N–H and O–H groups in total. The zero-order valence-corrected chi connectivity index (χ0v) is 16.2. The lowest BCUT2D eigenvalue weighted by Crippen LogP contribution is -2.45. The number of rotatable bonds is 1. The molecule has 2 amide bonds. The Kier molecular flexibility index (Phi) is 3.68. The van der Waals surface area contributed by atoms with E-state index in [1.807, 2.05) is 43.0 Å². The first-order valence-corrected chi connectivity index (χ1v) is 9.88. The van der Waals surface area contributed by atoms with E-state index in [-0.39, 0.29) is 17.4 Å². The number of carbonyl (C=O) groups is 2. The first-order valence-electron chi connectivity index (χ1n) is 9.88. The standard InChI is InChI=1S/C23H24N2O3/c1-22(2)18-8-7-15(13-19(18)24-21(22)27)20(26)25-11-9-23(10-12-25)17-6-4-3-5-16(17)14-28-23/h3-8,13H,9-12,14H2,1-2H3,(H,24,27). The molecule has 28 heavy (non-hydrogen) atoms. The molecule has 1 saturated heterocycles. The number of benzene rings is 2. The Hall–Kier alpha value is -2.66. The SMILES string of the molecule is CC1(C)C(=O)Nc2cc(C(=O)N3CCC4(CC3)OCc3ccccc34)ccc21. The molecule has 0 aromatic heterocycles. The molecule has 144 valence electrons. The Morgan fingerprint density at radius 3 is 2.61 bits per heavy atom. The van der Waals surface area contributed by atoms with Crippen molar-refractivity contribution in [2.24, 2.45) is 0 Å². The maximum absolute atomic E-state index is 13.1. The molecule has 3 aliphatic heterocycles. The van der Waals surface area contributed by atoms with Gasteiger partial charge in [-0.25, -0.2) is 0 Å². The fourth-order valence-electron chi connectivity index (χ4n) is 4.78. The zero-order valence-electron chi connectivity index (χ0n) is 16.2. The van der Waals surface area contributed by atoms with Crippen molar-refractivity contribution in [3.05, 3.63) is 64.7 Å². The van der Waals surface area contributed by atoms with Crippen LogP contribution in [0, 0.1) is 0 Å². The Labute approximate surface area is 164 Å². The second-order valence-electron chi connectivity index (χ2n) is 8.57. The number of hydrogen-bond acceptors (Lipinski definition) is 3. The van der Waals surface area contributed by atoms with Gasteiger partial charge < -0.3 is 15.0 Å². The number of anilines is 1. The normalized spacial score (nSPS) is 21.4. The van der Waals surface area contributed by atoms with Crippen molar-refractivity contribution in [1.82, 2.24) is 4.90 Å². The number of piperidine rings is 1. The molecule has 0 bridgehead atoms. The van der Waals surface area contributed by atoms with Crippen molar-refractivity contribution >= 4 is 17.5 Å². The van der Waals surface area contributed by atoms with Crippen LogP contribution < -0.4 is 5.32 Å². The second kappa shape index (κ2) is 5.92. The van der Waals surface area contributed by atoms with Crippen LogP contribution in [0.4, 0.5) is 5.69 Å². The van der Waals surface area contributed by atoms with Crippen LogP contribution in [-0.2, 0) is 27.2 Å². The molecule has 2 aromatic carbocycles. The maximum Gasteiger partial charge on any atom is 0.253 e. The third-order valence-corrected chi connectivity index (χ3v) is 6.63. The molecule has 1 fully saturated rings. The van der Waals surface area contributed by atoms with Crippen LogP contribution in [0.25, 0.3) is 0 Å². The van der Waals surface area contributed by atoms with E-state index in [1.165, 1.54) is 11.1 Å². The summed E-state index contributed by atoms with van der Waals surface area (Å²) in [6.07, 6.45) is 1.62. The third-order valence-electron chi connectivity index (χ3n) is 6.63. The van der Waals surface area contributed by atoms with E-state index in [2.05, 4.69) is 23.5 Å². The maximum atomic E-state index is 13.1. The summed E-state index contributed by atoms with van der Waals surface area (Å²) in [6, 6.07) is 14.0. The molecule has 0 saturated carbocycles. The lowest BCUT2D eigenvalue weighted by Gasteiger charge is -2.39. The smallest absolute Gasteiger partial charge is 0.253 e. The van der Waals surface area contributed by atoms with Gasteiger partial charge in [0, 0.05) is 24.3 Å². The predicted octanol–water partition coefficient (Wildman–Crippen LogP) is 3.58. The minimum absolute atomic E-state index is 0.0166. The highest BCUT2D eigenvalue weighted by molar-refractivity contribution is 6.07. The van der Waals surface area contributed by atoms with Crippen LogP contribution in [0.2, 0.25) is 0 Å². The van der Waals surface area contributed by atoms with Crippen LogP contribution in [0.15, 0.2) is 42.5 Å². The summed E-state index contributed by atoms with van der Waals surface area (Å²) in [7, 11) is 0. The zero-order chi connectivity index (χ0) is 19.5. The van der Waals surface area contributed by atoms with Gasteiger partial charge in [-0.1, -0.05) is 30.3 Å². The molecule has 0 atom stereocenters. The van der Waals surface area contributed by atoms with Gasteiger partial charge in [-0.3, -0.25) is 9.59 Å². The van der Waals surface area contributed by atoms with E-state index in [0.29, 0.717) is 25.3 Å². The Morgan fingerprint density at radius 2 is 1.82 bits per heavy atom. The van der Waals surface area contributed by atoms with Gasteiger partial charge in [0.15, 0.2) is 0 Å². The second-order valence-corrected chi connectivity index (χ2v) is 8.57. The van der Waals surface area contributed by atoms with Gasteiger partial charge in [0.2, 0.25) is 5.91 Å². The van der Waals surface area contributed by atoms with Gasteiger partial charge in [0.1, 0.15) is 0 Å². The molecule has 0 aliphatic carbocycles. The number of nitrogens with one attached hydrogen (secondary N) is 1. The Balaban J connectivity index is 1.34. The van der Waals surface area contributed by atoms with E-state index >= 15 is 0 Å². The molecule has 0 unspecified atom stereocenters. The first-order chi connectivity index (χ1) is 13.4. The van der Waals surface area contributed by atoms with Crippen molar-refractivity contribution in [2.75, 3.05) is 18.4 Å². The molecular weight excluding hydrogens is 352 g/mol. The summed E-state index contributed by atoms with van der Waals surface area (Å²) < 4.78 is 6.20. The van der Waals surface area contributed by atoms with Crippen LogP contribution >= 0.6 is 0 Å². The van der Waals surface area contributed by atoms with Crippen LogP contribution in [0.3, 0.4) is 0 Å². The van der Waals surface area contributed by atoms with Gasteiger partial charge in [-0.15, -0.1) is 0 Å². The van der Waals surface area contributed by atoms with Crippen LogP contribution in [0.5, 0.6) is 0 Å². The lowest BCUT2D eigenvalue weighted by atomic mass is 9.83. The number of fused-ring (bicyclic) bond motifs is 3. The largest absolute Gasteiger partial charge is 0.365 e. The summed E-state index contributed by atoms with van der Waals surface area (Å²) in [5.74, 6) is -0.00746. The highest BCUT2D eigenvalue weighted by Gasteiger charge is 2.43. The topological polar surface area (TPSA) is 58.6 Å². The molecule has 5 rings (SSSR count). The van der Waals surface area contributed by atoms with Crippen molar-refractivity contribution in [3.8, 4) is 0 Å². The predicted molar refractivity (Wildman–Crippen MR) is 106 cm³/mol. The van der Waals surface area contributed by atoms with E-state index in [0.717, 1.165) is 24.1 Å². The van der Waals surface area contributed by atoms with Gasteiger partial charge in [0.05, 0.1) is 17.6 Å². The van der Waals surface area contributed by atoms with Crippen molar-refractivity contribution in [2.45, 2.75) is 44.3 Å². The van der Waals surface area contributed by atoms with E-state index < -0.39 is 5.41 Å². The van der Waals surface area contributed by atoms with Gasteiger partial charge in [-0.2, -0.15) is 0 Å². The quantitative estimate of drug-likeness (QED) is 0.828. The average molecular weight is 376 g/mol. The van der Waals surface area contributed by atoms with Gasteiger partial charge >= 0.3 is 0 Å². The van der Waals surface area contributed by atoms with E-state index in [1.54, 1.807) is 0 Å². The monoisotopic (exact) mass is 376 g/mol. The third kappa shape index (κ3) is 2.42. The van der Waals surface area contributed by atoms with Crippen molar-refractivity contribution in [1.29, 1.82) is 0 Å². The lowest BCUT2D eigenvalue weighted by molar-refractivity contribution is -0.119. The number of nitrogens with zero attached hydrogens (tertiary/aromatic N) is 1. The minimum atomic E-state index is -0.554. The molecule has 0 radical (unpaired) electrons. The minimum Gasteiger partial charge on any atom is -0.365 e. The molecule has 5 nitrogen and oxygen atoms in total. The molecule has 3 aliphatic rings. The summed E-state index contributed by atoms with van der Waals surface area (Å²) in [5.41, 5.74) is 4.07. The number of likely N-dealkylation sites (tertiary alicyclic amines) is 1. The van der Waals surface area contributed by atoms with Crippen LogP contribution in [0.1, 0.15) is 53.7 Å². The molecule has 3 heterocycles. The average Bonchev–Trinajstić information content (AvgIpc) is 3.17. The van der Waals surface area contributed by atoms with Crippen molar-refractivity contribution < 1.29 is 14.3 Å². The Morgan fingerprint density at radius 1 is 1.07 bits per heavy atom. The number of ether oxygens (including phenoxy) is 1. The Bertz CT molecular complexity index is 987. The molecule has 5 heteroatoms. The number of carbonyl (C=O) groups excluding carboxylic acids is 2. The number of hydrogen-bond donors (Lipinski definition) is 1. The molecule has 2 aromatic rings. The highest BCUT2D eigenvalue weighted by Crippen LogP contribution is 2.44. The summed E-state index contributed by atoms with van der Waals surface area (Å²) in [6.45, 7) is 5.80. The van der Waals surface area contributed by atoms with Crippen LogP contribution in [-0.4, -0.2) is 29.8 Å². The summed E-state index contributed by atoms with van der Waals surface area (Å²) >= 11 is 0. The van der Waals surface area contributed by atoms with Gasteiger partial charge in [-0.05, 0) is 55.5 Å².